The zero-order valence-corrected chi connectivity index (χ0v) is 11.9. The SMILES string of the molecule is Nc1cc(N2CCCCC2CO)nc(-c2ccccc2)n1. The fraction of sp³-hybridized carbons (Fsp3) is 0.375. The largest absolute Gasteiger partial charge is 0.394 e. The van der Waals surface area contributed by atoms with Crippen LogP contribution in [0.3, 0.4) is 0 Å². The van der Waals surface area contributed by atoms with Gasteiger partial charge in [-0.3, -0.25) is 0 Å². The van der Waals surface area contributed by atoms with Gasteiger partial charge in [-0.15, -0.1) is 0 Å². The number of anilines is 2. The van der Waals surface area contributed by atoms with Crippen molar-refractivity contribution < 1.29 is 5.11 Å². The second kappa shape index (κ2) is 6.10. The van der Waals surface area contributed by atoms with Crippen LogP contribution in [0.4, 0.5) is 11.6 Å². The van der Waals surface area contributed by atoms with Crippen LogP contribution in [0.5, 0.6) is 0 Å². The fourth-order valence-corrected chi connectivity index (χ4v) is 2.81. The van der Waals surface area contributed by atoms with Gasteiger partial charge in [-0.1, -0.05) is 30.3 Å². The van der Waals surface area contributed by atoms with Crippen molar-refractivity contribution in [1.29, 1.82) is 0 Å². The van der Waals surface area contributed by atoms with Crippen molar-refractivity contribution in [3.8, 4) is 11.4 Å². The molecule has 0 radical (unpaired) electrons. The molecule has 1 aromatic carbocycles. The molecule has 3 rings (SSSR count). The lowest BCUT2D eigenvalue weighted by atomic mass is 10.0. The van der Waals surface area contributed by atoms with Crippen LogP contribution >= 0.6 is 0 Å². The molecular weight excluding hydrogens is 264 g/mol. The lowest BCUT2D eigenvalue weighted by Crippen LogP contribution is -2.42. The Morgan fingerprint density at radius 3 is 2.76 bits per heavy atom. The van der Waals surface area contributed by atoms with Gasteiger partial charge in [0, 0.05) is 18.2 Å². The maximum atomic E-state index is 9.56. The van der Waals surface area contributed by atoms with E-state index >= 15 is 0 Å². The third kappa shape index (κ3) is 2.97. The van der Waals surface area contributed by atoms with Gasteiger partial charge in [-0.25, -0.2) is 9.97 Å². The van der Waals surface area contributed by atoms with E-state index in [9.17, 15) is 5.11 Å². The second-order valence-corrected chi connectivity index (χ2v) is 5.37. The zero-order chi connectivity index (χ0) is 14.7. The van der Waals surface area contributed by atoms with Crippen molar-refractivity contribution in [3.63, 3.8) is 0 Å². The molecule has 2 aromatic rings. The first-order chi connectivity index (χ1) is 10.3. The Balaban J connectivity index is 1.97. The molecule has 0 bridgehead atoms. The van der Waals surface area contributed by atoms with Gasteiger partial charge in [0.15, 0.2) is 5.82 Å². The predicted molar refractivity (Wildman–Crippen MR) is 84.0 cm³/mol. The number of hydrogen-bond donors (Lipinski definition) is 2. The molecule has 3 N–H and O–H groups in total. The first kappa shape index (κ1) is 13.8. The highest BCUT2D eigenvalue weighted by atomic mass is 16.3. The van der Waals surface area contributed by atoms with Gasteiger partial charge in [-0.2, -0.15) is 0 Å². The highest BCUT2D eigenvalue weighted by Crippen LogP contribution is 2.26. The van der Waals surface area contributed by atoms with Gasteiger partial charge in [0.05, 0.1) is 12.6 Å². The van der Waals surface area contributed by atoms with E-state index in [1.807, 2.05) is 30.3 Å². The number of aliphatic hydroxyl groups excluding tert-OH is 1. The van der Waals surface area contributed by atoms with Gasteiger partial charge in [0.2, 0.25) is 0 Å². The van der Waals surface area contributed by atoms with Crippen LogP contribution in [-0.4, -0.2) is 34.3 Å². The third-order valence-corrected chi connectivity index (χ3v) is 3.90. The molecule has 1 saturated heterocycles. The molecule has 21 heavy (non-hydrogen) atoms. The average Bonchev–Trinajstić information content (AvgIpc) is 2.55. The van der Waals surface area contributed by atoms with E-state index in [-0.39, 0.29) is 12.6 Å². The van der Waals surface area contributed by atoms with E-state index in [2.05, 4.69) is 14.9 Å². The van der Waals surface area contributed by atoms with Gasteiger partial charge in [-0.05, 0) is 19.3 Å². The number of benzene rings is 1. The van der Waals surface area contributed by atoms with Crippen LogP contribution in [0.2, 0.25) is 0 Å². The Hall–Kier alpha value is -2.14. The molecule has 110 valence electrons. The molecule has 1 atom stereocenters. The van der Waals surface area contributed by atoms with Crippen molar-refractivity contribution in [1.82, 2.24) is 9.97 Å². The molecule has 0 aliphatic carbocycles. The molecule has 5 nitrogen and oxygen atoms in total. The third-order valence-electron chi connectivity index (χ3n) is 3.90. The van der Waals surface area contributed by atoms with Gasteiger partial charge in [0.1, 0.15) is 11.6 Å². The van der Waals surface area contributed by atoms with E-state index in [0.717, 1.165) is 37.2 Å². The maximum Gasteiger partial charge on any atom is 0.163 e. The van der Waals surface area contributed by atoms with Crippen molar-refractivity contribution in [2.45, 2.75) is 25.3 Å². The van der Waals surface area contributed by atoms with E-state index in [0.29, 0.717) is 11.6 Å². The highest BCUT2D eigenvalue weighted by Gasteiger charge is 2.23. The molecule has 5 heteroatoms. The number of aromatic nitrogens is 2. The van der Waals surface area contributed by atoms with Crippen LogP contribution in [0, 0.1) is 0 Å². The van der Waals surface area contributed by atoms with E-state index in [1.54, 1.807) is 6.07 Å². The molecule has 1 fully saturated rings. The van der Waals surface area contributed by atoms with Crippen molar-refractivity contribution in [3.05, 3.63) is 36.4 Å². The molecule has 1 aromatic heterocycles. The summed E-state index contributed by atoms with van der Waals surface area (Å²) >= 11 is 0. The van der Waals surface area contributed by atoms with Gasteiger partial charge < -0.3 is 15.7 Å². The van der Waals surface area contributed by atoms with Crippen LogP contribution < -0.4 is 10.6 Å². The maximum absolute atomic E-state index is 9.56. The summed E-state index contributed by atoms with van der Waals surface area (Å²) in [6.45, 7) is 1.04. The minimum absolute atomic E-state index is 0.122. The monoisotopic (exact) mass is 284 g/mol. The standard InChI is InChI=1S/C16H20N4O/c17-14-10-15(20-9-5-4-8-13(20)11-21)19-16(18-14)12-6-2-1-3-7-12/h1-3,6-7,10,13,21H,4-5,8-9,11H2,(H2,17,18,19). The van der Waals surface area contributed by atoms with Crippen LogP contribution in [-0.2, 0) is 0 Å². The van der Waals surface area contributed by atoms with Gasteiger partial charge >= 0.3 is 0 Å². The normalized spacial score (nSPS) is 18.7. The van der Waals surface area contributed by atoms with Crippen molar-refractivity contribution >= 4 is 11.6 Å². The number of piperidine rings is 1. The molecule has 0 amide bonds. The molecule has 0 spiro atoms. The summed E-state index contributed by atoms with van der Waals surface area (Å²) in [4.78, 5) is 11.1. The molecule has 1 aliphatic heterocycles. The predicted octanol–water partition coefficient (Wildman–Crippen LogP) is 2.08. The molecule has 2 heterocycles. The number of nitrogen functional groups attached to an aromatic ring is 1. The first-order valence-corrected chi connectivity index (χ1v) is 7.35. The number of nitrogens with two attached hydrogens (primary N) is 1. The second-order valence-electron chi connectivity index (χ2n) is 5.37. The van der Waals surface area contributed by atoms with Gasteiger partial charge in [0.25, 0.3) is 0 Å². The summed E-state index contributed by atoms with van der Waals surface area (Å²) < 4.78 is 0. The summed E-state index contributed by atoms with van der Waals surface area (Å²) in [5, 5.41) is 9.56. The van der Waals surface area contributed by atoms with Crippen molar-refractivity contribution in [2.24, 2.45) is 0 Å². The van der Waals surface area contributed by atoms with E-state index in [1.165, 1.54) is 0 Å². The van der Waals surface area contributed by atoms with Crippen LogP contribution in [0.25, 0.3) is 11.4 Å². The Labute approximate surface area is 124 Å². The Morgan fingerprint density at radius 1 is 1.19 bits per heavy atom. The molecule has 1 unspecified atom stereocenters. The zero-order valence-electron chi connectivity index (χ0n) is 11.9. The fourth-order valence-electron chi connectivity index (χ4n) is 2.81. The number of hydrogen-bond acceptors (Lipinski definition) is 5. The minimum atomic E-state index is 0.122. The Bertz CT molecular complexity index is 602. The summed E-state index contributed by atoms with van der Waals surface area (Å²) in [6, 6.07) is 11.7. The molecule has 1 aliphatic rings. The smallest absolute Gasteiger partial charge is 0.163 e. The number of rotatable bonds is 3. The van der Waals surface area contributed by atoms with E-state index < -0.39 is 0 Å². The number of aliphatic hydroxyl groups is 1. The quantitative estimate of drug-likeness (QED) is 0.902. The number of nitrogens with zero attached hydrogens (tertiary/aromatic N) is 3. The van der Waals surface area contributed by atoms with E-state index in [4.69, 9.17) is 5.73 Å². The van der Waals surface area contributed by atoms with Crippen LogP contribution in [0.15, 0.2) is 36.4 Å². The summed E-state index contributed by atoms with van der Waals surface area (Å²) in [5.41, 5.74) is 6.90. The minimum Gasteiger partial charge on any atom is -0.394 e. The lowest BCUT2D eigenvalue weighted by Gasteiger charge is -2.35. The summed E-state index contributed by atoms with van der Waals surface area (Å²) in [7, 11) is 0. The molecule has 0 saturated carbocycles. The summed E-state index contributed by atoms with van der Waals surface area (Å²) in [6.07, 6.45) is 3.25. The average molecular weight is 284 g/mol. The summed E-state index contributed by atoms with van der Waals surface area (Å²) in [5.74, 6) is 1.90. The highest BCUT2D eigenvalue weighted by molar-refractivity contribution is 5.61. The lowest BCUT2D eigenvalue weighted by molar-refractivity contribution is 0.239. The Morgan fingerprint density at radius 2 is 2.00 bits per heavy atom. The Kier molecular flexibility index (Phi) is 4.01. The van der Waals surface area contributed by atoms with Crippen molar-refractivity contribution in [2.75, 3.05) is 23.8 Å². The first-order valence-electron chi connectivity index (χ1n) is 7.35. The topological polar surface area (TPSA) is 75.3 Å². The molecular formula is C16H20N4O. The van der Waals surface area contributed by atoms with Crippen LogP contribution in [0.1, 0.15) is 19.3 Å².